The van der Waals surface area contributed by atoms with E-state index in [0.717, 1.165) is 60.6 Å². The number of piperidine rings is 1. The summed E-state index contributed by atoms with van der Waals surface area (Å²) in [5.41, 5.74) is 3.60. The number of nitrogens with zero attached hydrogens (tertiary/aromatic N) is 5. The number of fused-ring (bicyclic) bond motifs is 1. The number of imidazole rings is 1. The van der Waals surface area contributed by atoms with Crippen LogP contribution in [0.15, 0.2) is 83.4 Å². The number of likely N-dealkylation sites (tertiary alicyclic amines) is 1. The van der Waals surface area contributed by atoms with Crippen molar-refractivity contribution in [2.24, 2.45) is 5.92 Å². The maximum Gasteiger partial charge on any atom is 0.253 e. The SMILES string of the molecule is Cc1nc(-c2ccc(C(=O)N3CCC(Cn4c(COc5ccccc5)nc5ccccc54)CC3)cc2)no1. The molecule has 192 valence electrons. The minimum Gasteiger partial charge on any atom is -0.486 e. The quantitative estimate of drug-likeness (QED) is 0.288. The van der Waals surface area contributed by atoms with Crippen molar-refractivity contribution in [3.05, 3.63) is 96.1 Å². The molecule has 0 N–H and O–H groups in total. The van der Waals surface area contributed by atoms with Crippen LogP contribution in [0.1, 0.15) is 34.9 Å². The van der Waals surface area contributed by atoms with Gasteiger partial charge in [0.05, 0.1) is 11.0 Å². The molecule has 8 nitrogen and oxygen atoms in total. The van der Waals surface area contributed by atoms with E-state index >= 15 is 0 Å². The molecule has 0 saturated carbocycles. The van der Waals surface area contributed by atoms with Gasteiger partial charge in [-0.1, -0.05) is 47.6 Å². The average molecular weight is 508 g/mol. The van der Waals surface area contributed by atoms with Gasteiger partial charge in [0.1, 0.15) is 18.2 Å². The number of ether oxygens (including phenoxy) is 1. The van der Waals surface area contributed by atoms with Crippen LogP contribution >= 0.6 is 0 Å². The van der Waals surface area contributed by atoms with Gasteiger partial charge in [0, 0.05) is 37.7 Å². The Labute approximate surface area is 220 Å². The summed E-state index contributed by atoms with van der Waals surface area (Å²) in [6.07, 6.45) is 1.88. The molecule has 3 heterocycles. The topological polar surface area (TPSA) is 86.3 Å². The molecule has 8 heteroatoms. The number of hydrogen-bond acceptors (Lipinski definition) is 6. The van der Waals surface area contributed by atoms with Crippen LogP contribution < -0.4 is 4.74 Å². The van der Waals surface area contributed by atoms with Gasteiger partial charge >= 0.3 is 0 Å². The molecule has 1 fully saturated rings. The van der Waals surface area contributed by atoms with Crippen LogP contribution in [0.2, 0.25) is 0 Å². The first-order valence-corrected chi connectivity index (χ1v) is 13.0. The lowest BCUT2D eigenvalue weighted by molar-refractivity contribution is 0.0682. The van der Waals surface area contributed by atoms with E-state index in [2.05, 4.69) is 26.8 Å². The second-order valence-corrected chi connectivity index (χ2v) is 9.68. The van der Waals surface area contributed by atoms with Gasteiger partial charge < -0.3 is 18.7 Å². The first-order valence-electron chi connectivity index (χ1n) is 13.0. The maximum absolute atomic E-state index is 13.2. The molecular weight excluding hydrogens is 478 g/mol. The number of carbonyl (C=O) groups is 1. The van der Waals surface area contributed by atoms with Gasteiger partial charge in [-0.15, -0.1) is 0 Å². The molecule has 1 aliphatic rings. The third-order valence-corrected chi connectivity index (χ3v) is 7.10. The molecule has 0 bridgehead atoms. The van der Waals surface area contributed by atoms with Gasteiger partial charge in [0.15, 0.2) is 0 Å². The second-order valence-electron chi connectivity index (χ2n) is 9.68. The van der Waals surface area contributed by atoms with Crippen molar-refractivity contribution in [1.82, 2.24) is 24.6 Å². The zero-order chi connectivity index (χ0) is 25.9. The molecule has 2 aromatic heterocycles. The van der Waals surface area contributed by atoms with E-state index in [1.165, 1.54) is 0 Å². The van der Waals surface area contributed by atoms with Crippen molar-refractivity contribution in [3.63, 3.8) is 0 Å². The zero-order valence-corrected chi connectivity index (χ0v) is 21.3. The Kier molecular flexibility index (Phi) is 6.60. The summed E-state index contributed by atoms with van der Waals surface area (Å²) in [5.74, 6) is 3.31. The van der Waals surface area contributed by atoms with E-state index in [4.69, 9.17) is 14.2 Å². The number of hydrogen-bond donors (Lipinski definition) is 0. The number of para-hydroxylation sites is 3. The normalized spacial score (nSPS) is 14.2. The lowest BCUT2D eigenvalue weighted by Crippen LogP contribution is -2.39. The highest BCUT2D eigenvalue weighted by atomic mass is 16.5. The van der Waals surface area contributed by atoms with Crippen LogP contribution in [0.5, 0.6) is 5.75 Å². The summed E-state index contributed by atoms with van der Waals surface area (Å²) in [5, 5.41) is 3.95. The fraction of sp³-hybridized carbons (Fsp3) is 0.267. The first-order chi connectivity index (χ1) is 18.6. The van der Waals surface area contributed by atoms with E-state index in [-0.39, 0.29) is 5.91 Å². The number of benzene rings is 3. The van der Waals surface area contributed by atoms with E-state index in [9.17, 15) is 4.79 Å². The summed E-state index contributed by atoms with van der Waals surface area (Å²) in [6, 6.07) is 25.5. The van der Waals surface area contributed by atoms with Gasteiger partial charge in [0.25, 0.3) is 5.91 Å². The molecule has 1 saturated heterocycles. The molecule has 6 rings (SSSR count). The number of amides is 1. The first kappa shape index (κ1) is 23.9. The van der Waals surface area contributed by atoms with Gasteiger partial charge in [-0.25, -0.2) is 4.98 Å². The van der Waals surface area contributed by atoms with Crippen LogP contribution in [0.3, 0.4) is 0 Å². The highest BCUT2D eigenvalue weighted by Crippen LogP contribution is 2.26. The summed E-state index contributed by atoms with van der Waals surface area (Å²) >= 11 is 0. The second kappa shape index (κ2) is 10.5. The Bertz CT molecular complexity index is 1530. The average Bonchev–Trinajstić information content (AvgIpc) is 3.56. The van der Waals surface area contributed by atoms with Crippen LogP contribution in [0.4, 0.5) is 0 Å². The fourth-order valence-electron chi connectivity index (χ4n) is 5.04. The Morgan fingerprint density at radius 3 is 2.42 bits per heavy atom. The molecule has 0 spiro atoms. The van der Waals surface area contributed by atoms with Crippen molar-refractivity contribution in [2.75, 3.05) is 13.1 Å². The molecule has 0 aliphatic carbocycles. The Morgan fingerprint density at radius 1 is 0.947 bits per heavy atom. The smallest absolute Gasteiger partial charge is 0.253 e. The van der Waals surface area contributed by atoms with Gasteiger partial charge in [0.2, 0.25) is 11.7 Å². The highest BCUT2D eigenvalue weighted by molar-refractivity contribution is 5.94. The molecule has 1 aliphatic heterocycles. The highest BCUT2D eigenvalue weighted by Gasteiger charge is 2.25. The lowest BCUT2D eigenvalue weighted by atomic mass is 9.96. The van der Waals surface area contributed by atoms with Crippen LogP contribution in [-0.2, 0) is 13.2 Å². The zero-order valence-electron chi connectivity index (χ0n) is 21.3. The van der Waals surface area contributed by atoms with Crippen molar-refractivity contribution in [2.45, 2.75) is 32.9 Å². The Balaban J connectivity index is 1.10. The van der Waals surface area contributed by atoms with Crippen molar-refractivity contribution >= 4 is 16.9 Å². The maximum atomic E-state index is 13.2. The molecule has 3 aromatic carbocycles. The summed E-state index contributed by atoms with van der Waals surface area (Å²) in [6.45, 7) is 4.49. The summed E-state index contributed by atoms with van der Waals surface area (Å²) in [7, 11) is 0. The fourth-order valence-corrected chi connectivity index (χ4v) is 5.04. The van der Waals surface area contributed by atoms with E-state index in [1.54, 1.807) is 6.92 Å². The lowest BCUT2D eigenvalue weighted by Gasteiger charge is -2.32. The standard InChI is InChI=1S/C30H29N5O3/c1-21-31-29(33-38-21)23-11-13-24(14-12-23)30(36)34-17-15-22(16-18-34)19-35-27-10-6-5-9-26(27)32-28(35)20-37-25-7-3-2-4-8-25/h2-14,22H,15-20H2,1H3. The van der Waals surface area contributed by atoms with Gasteiger partial charge in [-0.2, -0.15) is 4.98 Å². The molecule has 0 unspecified atom stereocenters. The van der Waals surface area contributed by atoms with Crippen molar-refractivity contribution < 1.29 is 14.1 Å². The largest absolute Gasteiger partial charge is 0.486 e. The van der Waals surface area contributed by atoms with E-state index < -0.39 is 0 Å². The van der Waals surface area contributed by atoms with Crippen LogP contribution in [0.25, 0.3) is 22.4 Å². The predicted octanol–water partition coefficient (Wildman–Crippen LogP) is 5.53. The molecular formula is C30H29N5O3. The minimum absolute atomic E-state index is 0.0596. The number of aromatic nitrogens is 4. The van der Waals surface area contributed by atoms with Crippen LogP contribution in [-0.4, -0.2) is 43.6 Å². The van der Waals surface area contributed by atoms with Crippen molar-refractivity contribution in [1.29, 1.82) is 0 Å². The molecule has 0 radical (unpaired) electrons. The van der Waals surface area contributed by atoms with Gasteiger partial charge in [-0.3, -0.25) is 4.79 Å². The predicted molar refractivity (Wildman–Crippen MR) is 144 cm³/mol. The Hall–Kier alpha value is -4.46. The monoisotopic (exact) mass is 507 g/mol. The summed E-state index contributed by atoms with van der Waals surface area (Å²) in [4.78, 5) is 24.2. The molecule has 0 atom stereocenters. The van der Waals surface area contributed by atoms with Gasteiger partial charge in [-0.05, 0) is 55.2 Å². The minimum atomic E-state index is 0.0596. The Morgan fingerprint density at radius 2 is 1.68 bits per heavy atom. The van der Waals surface area contributed by atoms with Crippen molar-refractivity contribution in [3.8, 4) is 17.1 Å². The third kappa shape index (κ3) is 5.02. The third-order valence-electron chi connectivity index (χ3n) is 7.10. The molecule has 38 heavy (non-hydrogen) atoms. The number of aryl methyl sites for hydroxylation is 1. The molecule has 1 amide bonds. The summed E-state index contributed by atoms with van der Waals surface area (Å²) < 4.78 is 13.4. The number of carbonyl (C=O) groups excluding carboxylic acids is 1. The molecule has 5 aromatic rings. The number of rotatable bonds is 7. The van der Waals surface area contributed by atoms with Crippen LogP contribution in [0, 0.1) is 12.8 Å². The van der Waals surface area contributed by atoms with E-state index in [1.807, 2.05) is 71.6 Å². The van der Waals surface area contributed by atoms with E-state index in [0.29, 0.717) is 29.8 Å².